The maximum atomic E-state index is 11.1. The normalized spacial score (nSPS) is 10.0. The van der Waals surface area contributed by atoms with E-state index in [9.17, 15) is 4.79 Å². The minimum atomic E-state index is -0.208. The number of hydrogen-bond donors (Lipinski definition) is 0. The third-order valence-corrected chi connectivity index (χ3v) is 4.45. The van der Waals surface area contributed by atoms with Crippen LogP contribution in [0.1, 0.15) is 11.1 Å². The quantitative estimate of drug-likeness (QED) is 0.592. The summed E-state index contributed by atoms with van der Waals surface area (Å²) in [7, 11) is 1.40. The topological polar surface area (TPSA) is 26.3 Å². The molecular weight excluding hydrogens is 359 g/mol. The van der Waals surface area contributed by atoms with Crippen LogP contribution >= 0.6 is 38.5 Å². The van der Waals surface area contributed by atoms with Gasteiger partial charge in [-0.2, -0.15) is 0 Å². The molecule has 0 radical (unpaired) electrons. The molecule has 0 saturated heterocycles. The number of halogens is 2. The molecule has 0 amide bonds. The molecule has 76 valence electrons. The van der Waals surface area contributed by atoms with E-state index in [4.69, 9.17) is 0 Å². The fraction of sp³-hybridized carbons (Fsp3) is 0.300. The molecule has 0 bridgehead atoms. The predicted molar refractivity (Wildman–Crippen MR) is 67.3 cm³/mol. The number of carbonyl (C=O) groups excluding carboxylic acids is 1. The van der Waals surface area contributed by atoms with Crippen molar-refractivity contribution in [3.63, 3.8) is 0 Å². The first-order valence-corrected chi connectivity index (χ1v) is 5.93. The van der Waals surface area contributed by atoms with Crippen molar-refractivity contribution in [2.75, 3.05) is 7.11 Å². The van der Waals surface area contributed by atoms with Crippen LogP contribution in [0.4, 0.5) is 0 Å². The first-order chi connectivity index (χ1) is 6.54. The standard InChI is InChI=1S/C10H10BrIO2/c1-6-3-7(5-9(13)14-2)10(12)8(11)4-6/h3-4H,5H2,1-2H3. The van der Waals surface area contributed by atoms with Crippen molar-refractivity contribution in [2.24, 2.45) is 0 Å². The number of methoxy groups -OCH3 is 1. The summed E-state index contributed by atoms with van der Waals surface area (Å²) < 4.78 is 6.72. The van der Waals surface area contributed by atoms with Gasteiger partial charge in [0.15, 0.2) is 0 Å². The second-order valence-electron chi connectivity index (χ2n) is 2.97. The van der Waals surface area contributed by atoms with E-state index in [0.29, 0.717) is 6.42 Å². The second-order valence-corrected chi connectivity index (χ2v) is 4.91. The summed E-state index contributed by atoms with van der Waals surface area (Å²) in [6.07, 6.45) is 0.328. The summed E-state index contributed by atoms with van der Waals surface area (Å²) >= 11 is 5.67. The lowest BCUT2D eigenvalue weighted by Gasteiger charge is -2.06. The molecule has 0 N–H and O–H groups in total. The molecule has 0 aliphatic rings. The number of aryl methyl sites for hydroxylation is 1. The highest BCUT2D eigenvalue weighted by Gasteiger charge is 2.09. The van der Waals surface area contributed by atoms with Crippen LogP contribution in [-0.4, -0.2) is 13.1 Å². The van der Waals surface area contributed by atoms with E-state index < -0.39 is 0 Å². The molecular formula is C10H10BrIO2. The number of rotatable bonds is 2. The van der Waals surface area contributed by atoms with Gasteiger partial charge >= 0.3 is 5.97 Å². The molecule has 0 saturated carbocycles. The van der Waals surface area contributed by atoms with E-state index in [1.54, 1.807) is 0 Å². The Bertz CT molecular complexity index is 363. The van der Waals surface area contributed by atoms with Crippen LogP contribution in [0, 0.1) is 10.5 Å². The van der Waals surface area contributed by atoms with Gasteiger partial charge in [0.05, 0.1) is 13.5 Å². The summed E-state index contributed by atoms with van der Waals surface area (Å²) in [5, 5.41) is 0. The highest BCUT2D eigenvalue weighted by Crippen LogP contribution is 2.25. The van der Waals surface area contributed by atoms with Gasteiger partial charge in [-0.05, 0) is 62.6 Å². The monoisotopic (exact) mass is 368 g/mol. The zero-order chi connectivity index (χ0) is 10.7. The molecule has 0 aliphatic heterocycles. The fourth-order valence-corrected chi connectivity index (χ4v) is 2.27. The third-order valence-electron chi connectivity index (χ3n) is 1.81. The molecule has 14 heavy (non-hydrogen) atoms. The van der Waals surface area contributed by atoms with Gasteiger partial charge in [-0.25, -0.2) is 0 Å². The number of ether oxygens (including phenoxy) is 1. The lowest BCUT2D eigenvalue weighted by Crippen LogP contribution is -2.06. The molecule has 0 unspecified atom stereocenters. The third kappa shape index (κ3) is 2.95. The van der Waals surface area contributed by atoms with E-state index in [0.717, 1.165) is 19.2 Å². The summed E-state index contributed by atoms with van der Waals surface area (Å²) in [5.41, 5.74) is 2.14. The fourth-order valence-electron chi connectivity index (χ4n) is 1.15. The minimum absolute atomic E-state index is 0.208. The number of esters is 1. The zero-order valence-electron chi connectivity index (χ0n) is 7.93. The summed E-state index contributed by atoms with van der Waals surface area (Å²) in [4.78, 5) is 11.1. The van der Waals surface area contributed by atoms with Gasteiger partial charge in [-0.3, -0.25) is 4.79 Å². The average Bonchev–Trinajstić information content (AvgIpc) is 2.13. The molecule has 0 aromatic heterocycles. The van der Waals surface area contributed by atoms with Gasteiger partial charge in [0.1, 0.15) is 0 Å². The van der Waals surface area contributed by atoms with Gasteiger partial charge in [-0.15, -0.1) is 0 Å². The molecule has 0 atom stereocenters. The highest BCUT2D eigenvalue weighted by atomic mass is 127. The van der Waals surface area contributed by atoms with E-state index in [2.05, 4.69) is 43.3 Å². The number of hydrogen-bond acceptors (Lipinski definition) is 2. The Labute approximate surface area is 105 Å². The predicted octanol–water partition coefficient (Wildman–Crippen LogP) is 3.08. The summed E-state index contributed by atoms with van der Waals surface area (Å²) in [6, 6.07) is 4.03. The largest absolute Gasteiger partial charge is 0.469 e. The van der Waals surface area contributed by atoms with Crippen molar-refractivity contribution in [3.8, 4) is 0 Å². The molecule has 1 aromatic carbocycles. The molecule has 1 rings (SSSR count). The Hall–Kier alpha value is -0.100. The molecule has 1 aromatic rings. The van der Waals surface area contributed by atoms with Crippen LogP contribution in [0.2, 0.25) is 0 Å². The SMILES string of the molecule is COC(=O)Cc1cc(C)cc(Br)c1I. The van der Waals surface area contributed by atoms with E-state index in [1.165, 1.54) is 7.11 Å². The van der Waals surface area contributed by atoms with Crippen molar-refractivity contribution in [3.05, 3.63) is 31.3 Å². The van der Waals surface area contributed by atoms with E-state index in [1.807, 2.05) is 19.1 Å². The molecule has 0 spiro atoms. The van der Waals surface area contributed by atoms with E-state index in [-0.39, 0.29) is 5.97 Å². The highest BCUT2D eigenvalue weighted by molar-refractivity contribution is 14.1. The van der Waals surface area contributed by atoms with Crippen LogP contribution < -0.4 is 0 Å². The van der Waals surface area contributed by atoms with Crippen molar-refractivity contribution in [1.29, 1.82) is 0 Å². The van der Waals surface area contributed by atoms with Crippen LogP contribution in [0.15, 0.2) is 16.6 Å². The van der Waals surface area contributed by atoms with Crippen molar-refractivity contribution in [2.45, 2.75) is 13.3 Å². The lowest BCUT2D eigenvalue weighted by molar-refractivity contribution is -0.139. The molecule has 0 heterocycles. The first-order valence-electron chi connectivity index (χ1n) is 4.06. The average molecular weight is 369 g/mol. The first kappa shape index (κ1) is 12.0. The number of benzene rings is 1. The van der Waals surface area contributed by atoms with Gasteiger partial charge in [0.2, 0.25) is 0 Å². The van der Waals surface area contributed by atoms with Crippen molar-refractivity contribution < 1.29 is 9.53 Å². The van der Waals surface area contributed by atoms with Crippen LogP contribution in [0.25, 0.3) is 0 Å². The van der Waals surface area contributed by atoms with Crippen LogP contribution in [-0.2, 0) is 16.0 Å². The minimum Gasteiger partial charge on any atom is -0.469 e. The van der Waals surface area contributed by atoms with Gasteiger partial charge in [-0.1, -0.05) is 6.07 Å². The van der Waals surface area contributed by atoms with Gasteiger partial charge < -0.3 is 4.74 Å². The van der Waals surface area contributed by atoms with Gasteiger partial charge in [0.25, 0.3) is 0 Å². The molecule has 0 aliphatic carbocycles. The van der Waals surface area contributed by atoms with Crippen molar-refractivity contribution >= 4 is 44.5 Å². The molecule has 0 fully saturated rings. The maximum Gasteiger partial charge on any atom is 0.310 e. The Morgan fingerprint density at radius 1 is 1.57 bits per heavy atom. The van der Waals surface area contributed by atoms with E-state index >= 15 is 0 Å². The van der Waals surface area contributed by atoms with Crippen LogP contribution in [0.3, 0.4) is 0 Å². The maximum absolute atomic E-state index is 11.1. The lowest BCUT2D eigenvalue weighted by atomic mass is 10.1. The van der Waals surface area contributed by atoms with Crippen molar-refractivity contribution in [1.82, 2.24) is 0 Å². The Balaban J connectivity index is 3.02. The summed E-state index contributed by atoms with van der Waals surface area (Å²) in [6.45, 7) is 2.00. The Morgan fingerprint density at radius 3 is 2.79 bits per heavy atom. The Morgan fingerprint density at radius 2 is 2.21 bits per heavy atom. The number of carbonyl (C=O) groups is 1. The molecule has 4 heteroatoms. The smallest absolute Gasteiger partial charge is 0.310 e. The second kappa shape index (κ2) is 5.11. The van der Waals surface area contributed by atoms with Gasteiger partial charge in [0, 0.05) is 8.04 Å². The molecule has 2 nitrogen and oxygen atoms in total. The Kier molecular flexibility index (Phi) is 4.37. The van der Waals surface area contributed by atoms with Crippen LogP contribution in [0.5, 0.6) is 0 Å². The zero-order valence-corrected chi connectivity index (χ0v) is 11.7. The summed E-state index contributed by atoms with van der Waals surface area (Å²) in [5.74, 6) is -0.208.